The molecule has 1 atom stereocenters. The second-order valence-corrected chi connectivity index (χ2v) is 8.42. The fourth-order valence-electron chi connectivity index (χ4n) is 2.88. The normalized spacial score (nSPS) is 18.7. The van der Waals surface area contributed by atoms with Gasteiger partial charge in [0, 0.05) is 33.3 Å². The summed E-state index contributed by atoms with van der Waals surface area (Å²) in [7, 11) is -0.0931. The van der Waals surface area contributed by atoms with E-state index in [0.717, 1.165) is 5.56 Å². The summed E-state index contributed by atoms with van der Waals surface area (Å²) >= 11 is 0. The van der Waals surface area contributed by atoms with Gasteiger partial charge in [-0.2, -0.15) is 0 Å². The SMILES string of the molecule is COCCN(C(=O)C(=O)N(C)Cc1ccccc1)C1CCS(=O)(=O)C1. The molecule has 0 N–H and O–H groups in total. The zero-order chi connectivity index (χ0) is 18.4. The Labute approximate surface area is 148 Å². The zero-order valence-electron chi connectivity index (χ0n) is 14.6. The summed E-state index contributed by atoms with van der Waals surface area (Å²) in [5.74, 6) is -1.39. The van der Waals surface area contributed by atoms with E-state index in [0.29, 0.717) is 13.0 Å². The van der Waals surface area contributed by atoms with E-state index in [9.17, 15) is 18.0 Å². The number of likely N-dealkylation sites (N-methyl/N-ethyl adjacent to an activating group) is 1. The summed E-state index contributed by atoms with van der Waals surface area (Å²) in [6, 6.07) is 8.89. The van der Waals surface area contributed by atoms with Crippen molar-refractivity contribution in [2.75, 3.05) is 38.8 Å². The van der Waals surface area contributed by atoms with Crippen LogP contribution < -0.4 is 0 Å². The Kier molecular flexibility index (Phi) is 6.55. The molecule has 0 radical (unpaired) electrons. The van der Waals surface area contributed by atoms with Crippen molar-refractivity contribution in [3.8, 4) is 0 Å². The van der Waals surface area contributed by atoms with Crippen molar-refractivity contribution >= 4 is 21.7 Å². The summed E-state index contributed by atoms with van der Waals surface area (Å²) in [5, 5.41) is 0. The largest absolute Gasteiger partial charge is 0.383 e. The Morgan fingerprint density at radius 1 is 1.20 bits per heavy atom. The molecule has 1 heterocycles. The molecular formula is C17H24N2O5S. The molecule has 1 saturated heterocycles. The molecule has 1 aliphatic rings. The summed E-state index contributed by atoms with van der Waals surface area (Å²) < 4.78 is 28.4. The lowest BCUT2D eigenvalue weighted by Crippen LogP contribution is -2.49. The topological polar surface area (TPSA) is 84.0 Å². The van der Waals surface area contributed by atoms with Crippen LogP contribution in [0, 0.1) is 0 Å². The molecule has 0 aliphatic carbocycles. The van der Waals surface area contributed by atoms with Crippen LogP contribution in [-0.4, -0.2) is 74.9 Å². The molecule has 2 amide bonds. The Balaban J connectivity index is 2.07. The van der Waals surface area contributed by atoms with E-state index in [-0.39, 0.29) is 24.7 Å². The van der Waals surface area contributed by atoms with Gasteiger partial charge in [-0.1, -0.05) is 30.3 Å². The van der Waals surface area contributed by atoms with Crippen molar-refractivity contribution in [3.05, 3.63) is 35.9 Å². The third-order valence-electron chi connectivity index (χ3n) is 4.24. The van der Waals surface area contributed by atoms with Gasteiger partial charge in [-0.3, -0.25) is 9.59 Å². The number of methoxy groups -OCH3 is 1. The molecule has 138 valence electrons. The van der Waals surface area contributed by atoms with Crippen LogP contribution in [0.4, 0.5) is 0 Å². The number of ether oxygens (including phenoxy) is 1. The van der Waals surface area contributed by atoms with Gasteiger partial charge in [0.25, 0.3) is 0 Å². The number of sulfone groups is 1. The second-order valence-electron chi connectivity index (χ2n) is 6.20. The molecule has 0 saturated carbocycles. The van der Waals surface area contributed by atoms with Gasteiger partial charge in [0.05, 0.1) is 18.1 Å². The fraction of sp³-hybridized carbons (Fsp3) is 0.529. The quantitative estimate of drug-likeness (QED) is 0.675. The molecule has 2 rings (SSSR count). The highest BCUT2D eigenvalue weighted by Gasteiger charge is 2.37. The van der Waals surface area contributed by atoms with Crippen LogP contribution in [-0.2, 0) is 30.7 Å². The predicted molar refractivity (Wildman–Crippen MR) is 93.6 cm³/mol. The molecule has 1 unspecified atom stereocenters. The Morgan fingerprint density at radius 2 is 1.88 bits per heavy atom. The van der Waals surface area contributed by atoms with Crippen molar-refractivity contribution < 1.29 is 22.7 Å². The van der Waals surface area contributed by atoms with Gasteiger partial charge in [0.2, 0.25) is 0 Å². The van der Waals surface area contributed by atoms with Gasteiger partial charge in [0.1, 0.15) is 0 Å². The molecule has 0 bridgehead atoms. The molecular weight excluding hydrogens is 344 g/mol. The first-order valence-electron chi connectivity index (χ1n) is 8.13. The van der Waals surface area contributed by atoms with E-state index >= 15 is 0 Å². The van der Waals surface area contributed by atoms with Crippen LogP contribution in [0.2, 0.25) is 0 Å². The highest BCUT2D eigenvalue weighted by atomic mass is 32.2. The Morgan fingerprint density at radius 3 is 2.44 bits per heavy atom. The van der Waals surface area contributed by atoms with E-state index in [1.807, 2.05) is 30.3 Å². The maximum atomic E-state index is 12.7. The maximum absolute atomic E-state index is 12.7. The predicted octanol–water partition coefficient (Wildman–Crippen LogP) is 0.307. The fourth-order valence-corrected chi connectivity index (χ4v) is 4.61. The first kappa shape index (κ1) is 19.4. The van der Waals surface area contributed by atoms with Crippen LogP contribution in [0.15, 0.2) is 30.3 Å². The van der Waals surface area contributed by atoms with Crippen LogP contribution >= 0.6 is 0 Å². The molecule has 1 fully saturated rings. The monoisotopic (exact) mass is 368 g/mol. The number of rotatable bonds is 6. The minimum Gasteiger partial charge on any atom is -0.383 e. The van der Waals surface area contributed by atoms with E-state index in [2.05, 4.69) is 0 Å². The van der Waals surface area contributed by atoms with Crippen molar-refractivity contribution in [2.45, 2.75) is 19.0 Å². The molecule has 0 spiro atoms. The molecule has 7 nitrogen and oxygen atoms in total. The van der Waals surface area contributed by atoms with Crippen molar-refractivity contribution in [1.82, 2.24) is 9.80 Å². The lowest BCUT2D eigenvalue weighted by atomic mass is 10.2. The Bertz CT molecular complexity index is 705. The van der Waals surface area contributed by atoms with E-state index < -0.39 is 27.7 Å². The van der Waals surface area contributed by atoms with Gasteiger partial charge in [-0.25, -0.2) is 8.42 Å². The number of hydrogen-bond acceptors (Lipinski definition) is 5. The van der Waals surface area contributed by atoms with Crippen molar-refractivity contribution in [2.24, 2.45) is 0 Å². The number of carbonyl (C=O) groups is 2. The van der Waals surface area contributed by atoms with Gasteiger partial charge >= 0.3 is 11.8 Å². The summed E-state index contributed by atoms with van der Waals surface area (Å²) in [6.45, 7) is 0.755. The van der Waals surface area contributed by atoms with Gasteiger partial charge in [-0.15, -0.1) is 0 Å². The summed E-state index contributed by atoms with van der Waals surface area (Å²) in [5.41, 5.74) is 0.915. The molecule has 0 aromatic heterocycles. The number of benzene rings is 1. The molecule has 1 aromatic carbocycles. The molecule has 25 heavy (non-hydrogen) atoms. The highest BCUT2D eigenvalue weighted by Crippen LogP contribution is 2.18. The molecule has 1 aromatic rings. The number of hydrogen-bond donors (Lipinski definition) is 0. The molecule has 8 heteroatoms. The van der Waals surface area contributed by atoms with Gasteiger partial charge in [-0.05, 0) is 12.0 Å². The van der Waals surface area contributed by atoms with E-state index in [1.165, 1.54) is 16.9 Å². The number of amides is 2. The van der Waals surface area contributed by atoms with Crippen LogP contribution in [0.3, 0.4) is 0 Å². The van der Waals surface area contributed by atoms with Crippen LogP contribution in [0.5, 0.6) is 0 Å². The van der Waals surface area contributed by atoms with E-state index in [1.54, 1.807) is 7.05 Å². The van der Waals surface area contributed by atoms with Crippen molar-refractivity contribution in [1.29, 1.82) is 0 Å². The summed E-state index contributed by atoms with van der Waals surface area (Å²) in [4.78, 5) is 27.9. The first-order chi connectivity index (χ1) is 11.8. The van der Waals surface area contributed by atoms with E-state index in [4.69, 9.17) is 4.74 Å². The number of nitrogens with zero attached hydrogens (tertiary/aromatic N) is 2. The average Bonchev–Trinajstić information content (AvgIpc) is 2.95. The maximum Gasteiger partial charge on any atom is 0.312 e. The highest BCUT2D eigenvalue weighted by molar-refractivity contribution is 7.91. The van der Waals surface area contributed by atoms with Gasteiger partial charge in [0.15, 0.2) is 9.84 Å². The summed E-state index contributed by atoms with van der Waals surface area (Å²) in [6.07, 6.45) is 0.355. The van der Waals surface area contributed by atoms with Crippen molar-refractivity contribution in [3.63, 3.8) is 0 Å². The Hall–Kier alpha value is -1.93. The van der Waals surface area contributed by atoms with Crippen LogP contribution in [0.25, 0.3) is 0 Å². The first-order valence-corrected chi connectivity index (χ1v) is 9.95. The molecule has 1 aliphatic heterocycles. The minimum absolute atomic E-state index is 0.0441. The standard InChI is InChI=1S/C17H24N2O5S/c1-18(12-14-6-4-3-5-7-14)16(20)17(21)19(9-10-24-2)15-8-11-25(22,23)13-15/h3-7,15H,8-13H2,1-2H3. The minimum atomic E-state index is -3.15. The lowest BCUT2D eigenvalue weighted by molar-refractivity contribution is -0.152. The zero-order valence-corrected chi connectivity index (χ0v) is 15.4. The lowest BCUT2D eigenvalue weighted by Gasteiger charge is -2.29. The average molecular weight is 368 g/mol. The smallest absolute Gasteiger partial charge is 0.312 e. The van der Waals surface area contributed by atoms with Crippen LogP contribution in [0.1, 0.15) is 12.0 Å². The number of carbonyl (C=O) groups excluding carboxylic acids is 2. The van der Waals surface area contributed by atoms with Gasteiger partial charge < -0.3 is 14.5 Å². The third-order valence-corrected chi connectivity index (χ3v) is 5.99. The second kappa shape index (κ2) is 8.44. The third kappa shape index (κ3) is 5.27.